The fourth-order valence-electron chi connectivity index (χ4n) is 1.53. The molecule has 0 aliphatic heterocycles. The second-order valence-electron chi connectivity index (χ2n) is 3.74. The fraction of sp³-hybridized carbons (Fsp3) is 0.143. The van der Waals surface area contributed by atoms with Gasteiger partial charge in [-0.1, -0.05) is 29.8 Å². The molecule has 2 rings (SSSR count). The van der Waals surface area contributed by atoms with Gasteiger partial charge in [0, 0.05) is 11.1 Å². The minimum absolute atomic E-state index is 0.259. The average Bonchev–Trinajstić information content (AvgIpc) is 2.70. The van der Waals surface area contributed by atoms with Gasteiger partial charge in [-0.15, -0.1) is 0 Å². The Morgan fingerprint density at radius 1 is 1.39 bits per heavy atom. The van der Waals surface area contributed by atoms with E-state index in [1.165, 1.54) is 0 Å². The summed E-state index contributed by atoms with van der Waals surface area (Å²) >= 11 is 6.03. The lowest BCUT2D eigenvalue weighted by Gasteiger charge is -1.94. The van der Waals surface area contributed by atoms with E-state index in [0.29, 0.717) is 22.4 Å². The molecule has 3 nitrogen and oxygen atoms in total. The van der Waals surface area contributed by atoms with Crippen LogP contribution in [0.1, 0.15) is 22.9 Å². The first kappa shape index (κ1) is 12.4. The maximum absolute atomic E-state index is 8.63. The van der Waals surface area contributed by atoms with Crippen LogP contribution < -0.4 is 0 Å². The molecule has 0 radical (unpaired) electrons. The molecule has 1 heterocycles. The van der Waals surface area contributed by atoms with E-state index in [4.69, 9.17) is 21.3 Å². The molecule has 2 aromatic rings. The van der Waals surface area contributed by atoms with Crippen molar-refractivity contribution < 1.29 is 4.42 Å². The van der Waals surface area contributed by atoms with E-state index in [-0.39, 0.29) is 6.42 Å². The molecule has 1 aromatic heterocycles. The highest BCUT2D eigenvalue weighted by Gasteiger charge is 2.06. The van der Waals surface area contributed by atoms with Gasteiger partial charge in [0.15, 0.2) is 0 Å². The molecular weight excluding hydrogens is 248 g/mol. The van der Waals surface area contributed by atoms with E-state index in [9.17, 15) is 0 Å². The number of benzene rings is 1. The number of oxazole rings is 1. The summed E-state index contributed by atoms with van der Waals surface area (Å²) in [4.78, 5) is 4.23. The first-order valence-electron chi connectivity index (χ1n) is 5.46. The number of hydrogen-bond acceptors (Lipinski definition) is 3. The fourth-order valence-corrected chi connectivity index (χ4v) is 1.73. The van der Waals surface area contributed by atoms with Gasteiger partial charge >= 0.3 is 0 Å². The predicted octanol–water partition coefficient (Wildman–Crippen LogP) is 3.87. The smallest absolute Gasteiger partial charge is 0.219 e. The molecule has 0 bridgehead atoms. The van der Waals surface area contributed by atoms with Gasteiger partial charge in [0.05, 0.1) is 18.2 Å². The van der Waals surface area contributed by atoms with E-state index in [0.717, 1.165) is 5.56 Å². The first-order chi connectivity index (χ1) is 8.70. The Morgan fingerprint density at radius 2 is 2.17 bits per heavy atom. The van der Waals surface area contributed by atoms with Gasteiger partial charge in [-0.05, 0) is 24.6 Å². The molecular formula is C14H11ClN2O. The Labute approximate surface area is 110 Å². The van der Waals surface area contributed by atoms with Crippen LogP contribution in [0.15, 0.2) is 28.7 Å². The van der Waals surface area contributed by atoms with Crippen LogP contribution in [-0.4, -0.2) is 4.98 Å². The Hall–Kier alpha value is -2.05. The van der Waals surface area contributed by atoms with Crippen molar-refractivity contribution in [3.05, 3.63) is 52.2 Å². The summed E-state index contributed by atoms with van der Waals surface area (Å²) < 4.78 is 5.44. The van der Waals surface area contributed by atoms with E-state index >= 15 is 0 Å². The summed E-state index contributed by atoms with van der Waals surface area (Å²) in [5, 5.41) is 9.31. The largest absolute Gasteiger partial charge is 0.442 e. The SMILES string of the molecule is Cc1oc(/C=C/c2ccccc2Cl)nc1CC#N. The zero-order chi connectivity index (χ0) is 13.0. The summed E-state index contributed by atoms with van der Waals surface area (Å²) in [5.41, 5.74) is 1.58. The molecule has 0 N–H and O–H groups in total. The van der Waals surface area contributed by atoms with Gasteiger partial charge in [-0.25, -0.2) is 4.98 Å². The number of nitriles is 1. The van der Waals surface area contributed by atoms with Crippen LogP contribution in [0.5, 0.6) is 0 Å². The van der Waals surface area contributed by atoms with Crippen molar-refractivity contribution in [1.82, 2.24) is 4.98 Å². The van der Waals surface area contributed by atoms with Crippen LogP contribution in [0.2, 0.25) is 5.02 Å². The minimum Gasteiger partial charge on any atom is -0.442 e. The van der Waals surface area contributed by atoms with Gasteiger partial charge in [-0.3, -0.25) is 0 Å². The average molecular weight is 259 g/mol. The predicted molar refractivity (Wildman–Crippen MR) is 70.9 cm³/mol. The number of rotatable bonds is 3. The quantitative estimate of drug-likeness (QED) is 0.840. The zero-order valence-corrected chi connectivity index (χ0v) is 10.6. The van der Waals surface area contributed by atoms with Crippen molar-refractivity contribution in [2.75, 3.05) is 0 Å². The van der Waals surface area contributed by atoms with Crippen molar-refractivity contribution in [3.8, 4) is 6.07 Å². The van der Waals surface area contributed by atoms with Crippen LogP contribution in [0, 0.1) is 18.3 Å². The molecule has 0 atom stereocenters. The summed E-state index contributed by atoms with van der Waals surface area (Å²) in [5.74, 6) is 1.16. The Balaban J connectivity index is 2.22. The van der Waals surface area contributed by atoms with E-state index in [1.54, 1.807) is 13.0 Å². The zero-order valence-electron chi connectivity index (χ0n) is 9.85. The maximum atomic E-state index is 8.63. The van der Waals surface area contributed by atoms with Crippen LogP contribution in [0.3, 0.4) is 0 Å². The maximum Gasteiger partial charge on any atom is 0.219 e. The summed E-state index contributed by atoms with van der Waals surface area (Å²) in [6.07, 6.45) is 3.84. The molecule has 18 heavy (non-hydrogen) atoms. The van der Waals surface area contributed by atoms with E-state index in [2.05, 4.69) is 11.1 Å². The molecule has 0 amide bonds. The van der Waals surface area contributed by atoms with Crippen molar-refractivity contribution in [2.45, 2.75) is 13.3 Å². The number of halogens is 1. The molecule has 0 aliphatic carbocycles. The Kier molecular flexibility index (Phi) is 3.81. The molecule has 0 spiro atoms. The molecule has 0 saturated carbocycles. The monoisotopic (exact) mass is 258 g/mol. The number of aryl methyl sites for hydroxylation is 1. The molecule has 4 heteroatoms. The number of hydrogen-bond donors (Lipinski definition) is 0. The Bertz CT molecular complexity index is 623. The second kappa shape index (κ2) is 5.52. The Morgan fingerprint density at radius 3 is 2.89 bits per heavy atom. The number of aromatic nitrogens is 1. The van der Waals surface area contributed by atoms with Crippen LogP contribution in [0.4, 0.5) is 0 Å². The molecule has 0 aliphatic rings. The number of nitrogens with zero attached hydrogens (tertiary/aromatic N) is 2. The summed E-state index contributed by atoms with van der Waals surface area (Å²) in [6.45, 7) is 1.80. The lowest BCUT2D eigenvalue weighted by atomic mass is 10.2. The van der Waals surface area contributed by atoms with Crippen LogP contribution >= 0.6 is 11.6 Å². The topological polar surface area (TPSA) is 49.8 Å². The lowest BCUT2D eigenvalue weighted by Crippen LogP contribution is -1.83. The normalized spacial score (nSPS) is 10.7. The minimum atomic E-state index is 0.259. The molecule has 1 aromatic carbocycles. The lowest BCUT2D eigenvalue weighted by molar-refractivity contribution is 0.515. The van der Waals surface area contributed by atoms with Gasteiger partial charge < -0.3 is 4.42 Å². The van der Waals surface area contributed by atoms with Crippen molar-refractivity contribution >= 4 is 23.8 Å². The van der Waals surface area contributed by atoms with Gasteiger partial charge in [-0.2, -0.15) is 5.26 Å². The third-order valence-corrected chi connectivity index (χ3v) is 2.81. The van der Waals surface area contributed by atoms with E-state index < -0.39 is 0 Å². The van der Waals surface area contributed by atoms with Crippen LogP contribution in [0.25, 0.3) is 12.2 Å². The van der Waals surface area contributed by atoms with Crippen LogP contribution in [-0.2, 0) is 6.42 Å². The molecule has 90 valence electrons. The summed E-state index contributed by atoms with van der Waals surface area (Å²) in [6, 6.07) is 9.57. The highest BCUT2D eigenvalue weighted by Crippen LogP contribution is 2.18. The molecule has 0 unspecified atom stereocenters. The summed E-state index contributed by atoms with van der Waals surface area (Å²) in [7, 11) is 0. The van der Waals surface area contributed by atoms with E-state index in [1.807, 2.05) is 30.3 Å². The van der Waals surface area contributed by atoms with Gasteiger partial charge in [0.25, 0.3) is 0 Å². The van der Waals surface area contributed by atoms with Crippen molar-refractivity contribution in [1.29, 1.82) is 5.26 Å². The van der Waals surface area contributed by atoms with Gasteiger partial charge in [0.2, 0.25) is 5.89 Å². The standard InChI is InChI=1S/C14H11ClN2O/c1-10-13(8-9-16)17-14(18-10)7-6-11-4-2-3-5-12(11)15/h2-7H,8H2,1H3/b7-6+. The van der Waals surface area contributed by atoms with Crippen molar-refractivity contribution in [3.63, 3.8) is 0 Å². The second-order valence-corrected chi connectivity index (χ2v) is 4.15. The van der Waals surface area contributed by atoms with Crippen molar-refractivity contribution in [2.24, 2.45) is 0 Å². The first-order valence-corrected chi connectivity index (χ1v) is 5.84. The highest BCUT2D eigenvalue weighted by atomic mass is 35.5. The third kappa shape index (κ3) is 2.79. The highest BCUT2D eigenvalue weighted by molar-refractivity contribution is 6.32. The molecule has 0 saturated heterocycles. The van der Waals surface area contributed by atoms with Gasteiger partial charge in [0.1, 0.15) is 5.76 Å². The third-order valence-electron chi connectivity index (χ3n) is 2.47. The molecule has 0 fully saturated rings.